The molecule has 3 rings (SSSR count). The van der Waals surface area contributed by atoms with E-state index in [2.05, 4.69) is 15.3 Å². The first-order chi connectivity index (χ1) is 11.0. The van der Waals surface area contributed by atoms with Gasteiger partial charge in [0.05, 0.1) is 12.5 Å². The van der Waals surface area contributed by atoms with Crippen LogP contribution in [0.25, 0.3) is 0 Å². The van der Waals surface area contributed by atoms with Crippen LogP contribution in [-0.4, -0.2) is 15.9 Å². The number of rotatable bonds is 5. The lowest BCUT2D eigenvalue weighted by Gasteiger charge is -2.17. The highest BCUT2D eigenvalue weighted by Crippen LogP contribution is 2.39. The van der Waals surface area contributed by atoms with Crippen LogP contribution in [0.3, 0.4) is 0 Å². The van der Waals surface area contributed by atoms with Crippen molar-refractivity contribution in [3.8, 4) is 0 Å². The van der Waals surface area contributed by atoms with Gasteiger partial charge in [0.2, 0.25) is 5.91 Å². The van der Waals surface area contributed by atoms with Gasteiger partial charge in [-0.3, -0.25) is 4.79 Å². The minimum atomic E-state index is -0.948. The van der Waals surface area contributed by atoms with E-state index in [0.29, 0.717) is 17.3 Å². The lowest BCUT2D eigenvalue weighted by atomic mass is 10.1. The molecule has 1 fully saturated rings. The zero-order chi connectivity index (χ0) is 16.4. The van der Waals surface area contributed by atoms with E-state index < -0.39 is 11.6 Å². The number of nitrogens with one attached hydrogen (secondary N) is 1. The second kappa shape index (κ2) is 6.40. The zero-order valence-corrected chi connectivity index (χ0v) is 12.7. The van der Waals surface area contributed by atoms with Gasteiger partial charge < -0.3 is 5.32 Å². The third-order valence-corrected chi connectivity index (χ3v) is 3.85. The Hall–Kier alpha value is -2.37. The molecule has 23 heavy (non-hydrogen) atoms. The van der Waals surface area contributed by atoms with E-state index in [1.165, 1.54) is 6.07 Å². The smallest absolute Gasteiger partial charge is 0.225 e. The normalized spacial score (nSPS) is 15.3. The topological polar surface area (TPSA) is 54.9 Å². The van der Waals surface area contributed by atoms with Crippen molar-refractivity contribution < 1.29 is 13.6 Å². The summed E-state index contributed by atoms with van der Waals surface area (Å²) in [6, 6.07) is 5.06. The monoisotopic (exact) mass is 317 g/mol. The summed E-state index contributed by atoms with van der Waals surface area (Å²) >= 11 is 0. The summed E-state index contributed by atoms with van der Waals surface area (Å²) in [5.41, 5.74) is 1.27. The molecule has 0 spiro atoms. The van der Waals surface area contributed by atoms with Gasteiger partial charge in [0.1, 0.15) is 0 Å². The molecule has 1 heterocycles. The van der Waals surface area contributed by atoms with Gasteiger partial charge in [0, 0.05) is 11.9 Å². The maximum atomic E-state index is 13.2. The van der Waals surface area contributed by atoms with Crippen molar-refractivity contribution in [2.45, 2.75) is 32.2 Å². The number of carbonyl (C=O) groups is 1. The largest absolute Gasteiger partial charge is 0.346 e. The number of aromatic nitrogens is 2. The molecule has 1 aliphatic rings. The molecule has 4 nitrogen and oxygen atoms in total. The van der Waals surface area contributed by atoms with Gasteiger partial charge in [0.15, 0.2) is 17.5 Å². The van der Waals surface area contributed by atoms with E-state index in [9.17, 15) is 13.6 Å². The third kappa shape index (κ3) is 3.88. The predicted octanol–water partition coefficient (Wildman–Crippen LogP) is 2.87. The Morgan fingerprint density at radius 2 is 2.09 bits per heavy atom. The van der Waals surface area contributed by atoms with Gasteiger partial charge in [-0.2, -0.15) is 0 Å². The molecule has 120 valence electrons. The number of amides is 1. The van der Waals surface area contributed by atoms with Crippen molar-refractivity contribution in [2.75, 3.05) is 0 Å². The molecule has 0 radical (unpaired) electrons. The zero-order valence-electron chi connectivity index (χ0n) is 12.7. The summed E-state index contributed by atoms with van der Waals surface area (Å²) in [5.74, 6) is -1.18. The van der Waals surface area contributed by atoms with E-state index in [1.807, 2.05) is 6.92 Å². The fourth-order valence-corrected chi connectivity index (χ4v) is 2.50. The Bertz CT molecular complexity index is 732. The molecule has 1 atom stereocenters. The van der Waals surface area contributed by atoms with Crippen molar-refractivity contribution in [3.05, 3.63) is 59.2 Å². The minimum absolute atomic E-state index is 0.00770. The van der Waals surface area contributed by atoms with Crippen molar-refractivity contribution in [1.82, 2.24) is 15.3 Å². The van der Waals surface area contributed by atoms with Crippen LogP contribution < -0.4 is 5.32 Å². The van der Waals surface area contributed by atoms with Crippen LogP contribution in [-0.2, 0) is 11.2 Å². The number of benzene rings is 1. The van der Waals surface area contributed by atoms with Gasteiger partial charge in [-0.15, -0.1) is 0 Å². The summed E-state index contributed by atoms with van der Waals surface area (Å²) in [6.07, 6.45) is 3.71. The van der Waals surface area contributed by atoms with Gasteiger partial charge >= 0.3 is 0 Å². The minimum Gasteiger partial charge on any atom is -0.346 e. The molecule has 0 saturated heterocycles. The number of carbonyl (C=O) groups excluding carboxylic acids is 1. The summed E-state index contributed by atoms with van der Waals surface area (Å²) < 4.78 is 26.1. The summed E-state index contributed by atoms with van der Waals surface area (Å²) in [4.78, 5) is 20.9. The van der Waals surface area contributed by atoms with Gasteiger partial charge in [-0.05, 0) is 49.4 Å². The first-order valence-corrected chi connectivity index (χ1v) is 7.56. The predicted molar refractivity (Wildman–Crippen MR) is 80.4 cm³/mol. The van der Waals surface area contributed by atoms with E-state index in [0.717, 1.165) is 30.7 Å². The molecule has 1 N–H and O–H groups in total. The molecular formula is C17H17F2N3O. The molecule has 1 aromatic carbocycles. The number of halogens is 2. The number of aryl methyl sites for hydroxylation is 1. The maximum absolute atomic E-state index is 13.2. The van der Waals surface area contributed by atoms with Crippen LogP contribution in [0, 0.1) is 24.5 Å². The van der Waals surface area contributed by atoms with Crippen molar-refractivity contribution in [1.29, 1.82) is 0 Å². The molecule has 0 aliphatic heterocycles. The van der Waals surface area contributed by atoms with Crippen molar-refractivity contribution in [3.63, 3.8) is 0 Å². The highest BCUT2D eigenvalue weighted by Gasteiger charge is 2.35. The van der Waals surface area contributed by atoms with E-state index >= 15 is 0 Å². The second-order valence-corrected chi connectivity index (χ2v) is 5.86. The summed E-state index contributed by atoms with van der Waals surface area (Å²) in [6.45, 7) is 1.87. The van der Waals surface area contributed by atoms with Crippen LogP contribution >= 0.6 is 0 Å². The van der Waals surface area contributed by atoms with Crippen LogP contribution in [0.2, 0.25) is 0 Å². The van der Waals surface area contributed by atoms with Gasteiger partial charge in [-0.25, -0.2) is 18.7 Å². The third-order valence-electron chi connectivity index (χ3n) is 3.85. The lowest BCUT2D eigenvalue weighted by Crippen LogP contribution is -2.32. The Kier molecular flexibility index (Phi) is 4.32. The quantitative estimate of drug-likeness (QED) is 0.922. The number of hydrogen-bond donors (Lipinski definition) is 1. The number of hydrogen-bond acceptors (Lipinski definition) is 3. The molecule has 1 aliphatic carbocycles. The van der Waals surface area contributed by atoms with Gasteiger partial charge in [-0.1, -0.05) is 6.07 Å². The molecule has 2 aromatic rings. The second-order valence-electron chi connectivity index (χ2n) is 5.86. The summed E-state index contributed by atoms with van der Waals surface area (Å²) in [5, 5.41) is 2.92. The molecule has 0 bridgehead atoms. The fraction of sp³-hybridized carbons (Fsp3) is 0.353. The van der Waals surface area contributed by atoms with E-state index in [1.54, 1.807) is 12.3 Å². The average molecular weight is 317 g/mol. The Morgan fingerprint density at radius 1 is 1.30 bits per heavy atom. The van der Waals surface area contributed by atoms with Crippen LogP contribution in [0.5, 0.6) is 0 Å². The molecule has 1 saturated carbocycles. The van der Waals surface area contributed by atoms with Gasteiger partial charge in [0.25, 0.3) is 0 Å². The first-order valence-electron chi connectivity index (χ1n) is 7.56. The molecule has 1 aromatic heterocycles. The highest BCUT2D eigenvalue weighted by molar-refractivity contribution is 5.79. The lowest BCUT2D eigenvalue weighted by molar-refractivity contribution is -0.121. The van der Waals surface area contributed by atoms with E-state index in [-0.39, 0.29) is 18.4 Å². The average Bonchev–Trinajstić information content (AvgIpc) is 3.33. The van der Waals surface area contributed by atoms with Crippen molar-refractivity contribution in [2.24, 2.45) is 5.92 Å². The SMILES string of the molecule is Cc1ccnc(C(NC(=O)Cc2ccc(F)c(F)c2)C2CC2)n1. The fourth-order valence-electron chi connectivity index (χ4n) is 2.50. The Morgan fingerprint density at radius 3 is 2.74 bits per heavy atom. The number of nitrogens with zero attached hydrogens (tertiary/aromatic N) is 2. The molecule has 6 heteroatoms. The standard InChI is InChI=1S/C17H17F2N3O/c1-10-6-7-20-17(21-10)16(12-3-4-12)22-15(23)9-11-2-5-13(18)14(19)8-11/h2,5-8,12,16H,3-4,9H2,1H3,(H,22,23). The molecular weight excluding hydrogens is 300 g/mol. The summed E-state index contributed by atoms with van der Waals surface area (Å²) in [7, 11) is 0. The van der Waals surface area contributed by atoms with Crippen molar-refractivity contribution >= 4 is 5.91 Å². The maximum Gasteiger partial charge on any atom is 0.225 e. The van der Waals surface area contributed by atoms with Crippen LogP contribution in [0.15, 0.2) is 30.5 Å². The highest BCUT2D eigenvalue weighted by atomic mass is 19.2. The van der Waals surface area contributed by atoms with E-state index in [4.69, 9.17) is 0 Å². The first kappa shape index (κ1) is 15.5. The Labute approximate surface area is 133 Å². The molecule has 1 unspecified atom stereocenters. The molecule has 1 amide bonds. The van der Waals surface area contributed by atoms with Crippen LogP contribution in [0.1, 0.15) is 36.0 Å². The Balaban J connectivity index is 1.70. The van der Waals surface area contributed by atoms with Crippen LogP contribution in [0.4, 0.5) is 8.78 Å².